The van der Waals surface area contributed by atoms with Gasteiger partial charge in [-0.25, -0.2) is 0 Å². The van der Waals surface area contributed by atoms with E-state index in [2.05, 4.69) is 0 Å². The molecule has 2 aromatic rings. The van der Waals surface area contributed by atoms with Gasteiger partial charge in [0.25, 0.3) is 0 Å². The number of ether oxygens (including phenoxy) is 2. The van der Waals surface area contributed by atoms with Crippen LogP contribution in [0.2, 0.25) is 0 Å². The molecule has 1 fully saturated rings. The van der Waals surface area contributed by atoms with E-state index >= 15 is 0 Å². The number of Topliss-reactive ketones (excluding diaryl/α,β-unsaturated/α-hetero) is 2. The molecule has 0 aliphatic carbocycles. The van der Waals surface area contributed by atoms with Crippen LogP contribution in [-0.4, -0.2) is 53.0 Å². The molecule has 0 aromatic heterocycles. The molecule has 0 bridgehead atoms. The average molecular weight is 384 g/mol. The number of hydrogen-bond acceptors (Lipinski definition) is 6. The molecule has 0 unspecified atom stereocenters. The first kappa shape index (κ1) is 20.4. The zero-order valence-corrected chi connectivity index (χ0v) is 16.1. The number of aliphatic hydroxyl groups is 2. The van der Waals surface area contributed by atoms with Crippen LogP contribution in [0, 0.1) is 13.8 Å². The van der Waals surface area contributed by atoms with Gasteiger partial charge in [-0.05, 0) is 25.0 Å². The van der Waals surface area contributed by atoms with Crippen molar-refractivity contribution in [1.82, 2.24) is 0 Å². The zero-order chi connectivity index (χ0) is 20.5. The molecule has 2 aromatic carbocycles. The lowest BCUT2D eigenvalue weighted by Crippen LogP contribution is -2.54. The van der Waals surface area contributed by atoms with E-state index in [4.69, 9.17) is 9.47 Å². The smallest absolute Gasteiger partial charge is 0.197 e. The van der Waals surface area contributed by atoms with E-state index in [9.17, 15) is 19.8 Å². The zero-order valence-electron chi connectivity index (χ0n) is 16.1. The van der Waals surface area contributed by atoms with E-state index in [0.29, 0.717) is 22.3 Å². The molecular weight excluding hydrogens is 360 g/mol. The second kappa shape index (κ2) is 7.93. The predicted molar refractivity (Wildman–Crippen MR) is 102 cm³/mol. The molecule has 1 aliphatic rings. The topological polar surface area (TPSA) is 93.1 Å². The summed E-state index contributed by atoms with van der Waals surface area (Å²) in [4.78, 5) is 26.1. The highest BCUT2D eigenvalue weighted by atomic mass is 16.7. The van der Waals surface area contributed by atoms with Gasteiger partial charge in [0.2, 0.25) is 0 Å². The second-order valence-corrected chi connectivity index (χ2v) is 7.12. The number of rotatable bonds is 6. The summed E-state index contributed by atoms with van der Waals surface area (Å²) in [6, 6.07) is 13.6. The first-order valence-corrected chi connectivity index (χ1v) is 9.08. The van der Waals surface area contributed by atoms with Crippen LogP contribution in [-0.2, 0) is 9.47 Å². The largest absolute Gasteiger partial charge is 0.382 e. The molecule has 6 heteroatoms. The maximum atomic E-state index is 13.2. The lowest BCUT2D eigenvalue weighted by Gasteiger charge is -2.30. The Morgan fingerprint density at radius 1 is 1.07 bits per heavy atom. The minimum Gasteiger partial charge on any atom is -0.382 e. The van der Waals surface area contributed by atoms with Crippen LogP contribution in [0.5, 0.6) is 0 Å². The van der Waals surface area contributed by atoms with Gasteiger partial charge < -0.3 is 19.7 Å². The minimum atomic E-state index is -2.09. The van der Waals surface area contributed by atoms with Crippen molar-refractivity contribution in [3.05, 3.63) is 70.8 Å². The number of carbonyl (C=O) groups excluding carboxylic acids is 2. The van der Waals surface area contributed by atoms with Gasteiger partial charge in [-0.15, -0.1) is 0 Å². The number of aliphatic hydroxyl groups excluding tert-OH is 1. The van der Waals surface area contributed by atoms with E-state index < -0.39 is 35.7 Å². The molecular formula is C22H24O6. The van der Waals surface area contributed by atoms with Gasteiger partial charge in [-0.1, -0.05) is 48.5 Å². The van der Waals surface area contributed by atoms with Crippen molar-refractivity contribution in [2.45, 2.75) is 44.4 Å². The third kappa shape index (κ3) is 3.52. The molecule has 3 rings (SSSR count). The molecule has 0 radical (unpaired) electrons. The van der Waals surface area contributed by atoms with Gasteiger partial charge in [-0.3, -0.25) is 9.59 Å². The van der Waals surface area contributed by atoms with Crippen molar-refractivity contribution in [2.75, 3.05) is 7.11 Å². The van der Waals surface area contributed by atoms with Gasteiger partial charge in [0.15, 0.2) is 23.5 Å². The highest BCUT2D eigenvalue weighted by Gasteiger charge is 2.57. The summed E-state index contributed by atoms with van der Waals surface area (Å²) < 4.78 is 10.7. The molecule has 0 saturated carbocycles. The summed E-state index contributed by atoms with van der Waals surface area (Å²) in [6.45, 7) is 3.50. The molecule has 0 amide bonds. The number of benzene rings is 2. The van der Waals surface area contributed by atoms with Crippen LogP contribution in [0.1, 0.15) is 38.3 Å². The van der Waals surface area contributed by atoms with E-state index in [0.717, 1.165) is 0 Å². The Labute approximate surface area is 163 Å². The first-order chi connectivity index (χ1) is 13.3. The highest BCUT2D eigenvalue weighted by Crippen LogP contribution is 2.37. The quantitative estimate of drug-likeness (QED) is 0.742. The highest BCUT2D eigenvalue weighted by molar-refractivity contribution is 6.06. The molecule has 1 aliphatic heterocycles. The Morgan fingerprint density at radius 3 is 2.14 bits per heavy atom. The number of aryl methyl sites for hydroxylation is 2. The van der Waals surface area contributed by atoms with Crippen molar-refractivity contribution in [3.8, 4) is 0 Å². The maximum Gasteiger partial charge on any atom is 0.197 e. The second-order valence-electron chi connectivity index (χ2n) is 7.12. The number of methoxy groups -OCH3 is 1. The van der Waals surface area contributed by atoms with Crippen LogP contribution in [0.4, 0.5) is 0 Å². The van der Waals surface area contributed by atoms with Gasteiger partial charge in [0.1, 0.15) is 12.2 Å². The van der Waals surface area contributed by atoms with Gasteiger partial charge in [0, 0.05) is 24.7 Å². The molecule has 2 N–H and O–H groups in total. The molecule has 6 nitrogen and oxygen atoms in total. The van der Waals surface area contributed by atoms with Crippen molar-refractivity contribution >= 4 is 11.6 Å². The lowest BCUT2D eigenvalue weighted by molar-refractivity contribution is -0.143. The van der Waals surface area contributed by atoms with Crippen LogP contribution in [0.15, 0.2) is 48.5 Å². The molecule has 28 heavy (non-hydrogen) atoms. The van der Waals surface area contributed by atoms with Crippen molar-refractivity contribution in [3.63, 3.8) is 0 Å². The van der Waals surface area contributed by atoms with Crippen LogP contribution in [0.25, 0.3) is 0 Å². The number of ketones is 2. The summed E-state index contributed by atoms with van der Waals surface area (Å²) >= 11 is 0. The first-order valence-electron chi connectivity index (χ1n) is 9.08. The average Bonchev–Trinajstić information content (AvgIpc) is 3.05. The van der Waals surface area contributed by atoms with Crippen LogP contribution in [0.3, 0.4) is 0 Å². The van der Waals surface area contributed by atoms with Gasteiger partial charge >= 0.3 is 0 Å². The Balaban J connectivity index is 1.98. The van der Waals surface area contributed by atoms with E-state index in [1.807, 2.05) is 0 Å². The van der Waals surface area contributed by atoms with Gasteiger partial charge in [0.05, 0.1) is 0 Å². The van der Waals surface area contributed by atoms with E-state index in [1.54, 1.807) is 62.4 Å². The summed E-state index contributed by atoms with van der Waals surface area (Å²) in [6.07, 6.45) is -4.27. The van der Waals surface area contributed by atoms with Gasteiger partial charge in [-0.2, -0.15) is 0 Å². The van der Waals surface area contributed by atoms with Crippen molar-refractivity contribution < 1.29 is 29.3 Å². The fraction of sp³-hybridized carbons (Fsp3) is 0.364. The van der Waals surface area contributed by atoms with Crippen LogP contribution < -0.4 is 0 Å². The molecule has 4 atom stereocenters. The normalized spacial score (nSPS) is 25.5. The van der Waals surface area contributed by atoms with Crippen molar-refractivity contribution in [2.24, 2.45) is 0 Å². The summed E-state index contributed by atoms with van der Waals surface area (Å²) in [5.41, 5.74) is -0.109. The molecule has 148 valence electrons. The van der Waals surface area contributed by atoms with Crippen molar-refractivity contribution in [1.29, 1.82) is 0 Å². The minimum absolute atomic E-state index is 0.181. The number of hydrogen-bond donors (Lipinski definition) is 2. The maximum absolute atomic E-state index is 13.2. The van der Waals surface area contributed by atoms with E-state index in [-0.39, 0.29) is 6.42 Å². The Bertz CT molecular complexity index is 892. The third-order valence-corrected chi connectivity index (χ3v) is 5.26. The molecule has 1 heterocycles. The van der Waals surface area contributed by atoms with E-state index in [1.165, 1.54) is 7.11 Å². The fourth-order valence-corrected chi connectivity index (χ4v) is 3.60. The molecule has 1 saturated heterocycles. The third-order valence-electron chi connectivity index (χ3n) is 5.26. The lowest BCUT2D eigenvalue weighted by atomic mass is 9.81. The standard InChI is InChI=1S/C22H24O6/c1-13-8-4-6-10-15(13)18(23)19(24)21-22(26,12-17(27-3)28-21)20(25)16-11-7-5-9-14(16)2/h4-11,17,19,21,24,26H,12H2,1-3H3/t17-,19-,21-,22-/m1/s1. The Hall–Kier alpha value is -2.38. The Kier molecular flexibility index (Phi) is 5.76. The summed E-state index contributed by atoms with van der Waals surface area (Å²) in [7, 11) is 1.38. The summed E-state index contributed by atoms with van der Waals surface area (Å²) in [5, 5.41) is 22.0. The van der Waals surface area contributed by atoms with Crippen LogP contribution >= 0.6 is 0 Å². The molecule has 0 spiro atoms. The predicted octanol–water partition coefficient (Wildman–Crippen LogP) is 2.22. The Morgan fingerprint density at radius 2 is 1.61 bits per heavy atom. The fourth-order valence-electron chi connectivity index (χ4n) is 3.60. The monoisotopic (exact) mass is 384 g/mol. The number of carbonyl (C=O) groups is 2. The summed E-state index contributed by atoms with van der Waals surface area (Å²) in [5.74, 6) is -1.22. The SMILES string of the molecule is CO[C@H]1C[C@@](O)(C(=O)c2ccccc2C)[C@@H]([C@H](O)C(=O)c2ccccc2C)O1.